The summed E-state index contributed by atoms with van der Waals surface area (Å²) in [5.41, 5.74) is 0. The highest BCUT2D eigenvalue weighted by Crippen LogP contribution is 1.93. The molecule has 136 valence electrons. The highest BCUT2D eigenvalue weighted by atomic mass is 13.8. The molecule has 2 rings (SSSR count). The predicted octanol–water partition coefficient (Wildman–Crippen LogP) is 8.53. The van der Waals surface area contributed by atoms with Crippen molar-refractivity contribution in [2.75, 3.05) is 0 Å². The lowest BCUT2D eigenvalue weighted by atomic mass is 10.5. The zero-order chi connectivity index (χ0) is 19.2. The lowest BCUT2D eigenvalue weighted by Gasteiger charge is -1.57. The van der Waals surface area contributed by atoms with Crippen LogP contribution in [-0.2, 0) is 0 Å². The first-order chi connectivity index (χ1) is 11.3. The molecule has 0 aromatic rings. The van der Waals surface area contributed by atoms with Crippen molar-refractivity contribution in [3.63, 3.8) is 0 Å². The third-order valence-electron chi connectivity index (χ3n) is 1.56. The molecule has 0 aliphatic heterocycles. The van der Waals surface area contributed by atoms with Crippen LogP contribution in [-0.4, -0.2) is 0 Å². The smallest absolute Gasteiger partial charge is 0.00271 e. The van der Waals surface area contributed by atoms with E-state index in [-0.39, 0.29) is 0 Å². The van der Waals surface area contributed by atoms with Gasteiger partial charge in [-0.15, -0.1) is 11.8 Å². The summed E-state index contributed by atoms with van der Waals surface area (Å²) in [6, 6.07) is 0. The molecule has 0 aromatic carbocycles. The van der Waals surface area contributed by atoms with Crippen LogP contribution in [0.4, 0.5) is 0 Å². The van der Waals surface area contributed by atoms with Gasteiger partial charge in [0.15, 0.2) is 0 Å². The van der Waals surface area contributed by atoms with Crippen LogP contribution in [0.3, 0.4) is 0 Å². The Labute approximate surface area is 149 Å². The van der Waals surface area contributed by atoms with E-state index < -0.39 is 0 Å². The van der Waals surface area contributed by atoms with Crippen LogP contribution in [0.2, 0.25) is 0 Å². The number of allylic oxidation sites excluding steroid dienone is 8. The summed E-state index contributed by atoms with van der Waals surface area (Å²) in [7, 11) is 0. The van der Waals surface area contributed by atoms with Crippen molar-refractivity contribution in [2.45, 2.75) is 88.5 Å². The Morgan fingerprint density at radius 1 is 0.565 bits per heavy atom. The van der Waals surface area contributed by atoms with Gasteiger partial charge in [0.2, 0.25) is 0 Å². The Morgan fingerprint density at radius 3 is 0.783 bits per heavy atom. The summed E-state index contributed by atoms with van der Waals surface area (Å²) in [5, 5.41) is 0. The van der Waals surface area contributed by atoms with Crippen molar-refractivity contribution in [2.24, 2.45) is 0 Å². The molecule has 0 saturated heterocycles. The van der Waals surface area contributed by atoms with Crippen LogP contribution in [0.1, 0.15) is 88.5 Å². The third-order valence-corrected chi connectivity index (χ3v) is 1.56. The number of hydrogen-bond donors (Lipinski definition) is 0. The summed E-state index contributed by atoms with van der Waals surface area (Å²) >= 11 is 0. The minimum Gasteiger partial charge on any atom is -0.107 e. The molecule has 0 N–H and O–H groups in total. The third kappa shape index (κ3) is 77.7. The zero-order valence-corrected chi connectivity index (χ0v) is 17.7. The molecule has 23 heavy (non-hydrogen) atoms. The molecule has 0 radical (unpaired) electrons. The van der Waals surface area contributed by atoms with E-state index in [1.165, 1.54) is 6.42 Å². The highest BCUT2D eigenvalue weighted by Gasteiger charge is 1.72. The fourth-order valence-electron chi connectivity index (χ4n) is 0.786. The van der Waals surface area contributed by atoms with E-state index in [1.54, 1.807) is 0 Å². The van der Waals surface area contributed by atoms with Crippen molar-refractivity contribution >= 4 is 0 Å². The molecule has 0 bridgehead atoms. The molecule has 2 aliphatic rings. The molecule has 0 atom stereocenters. The van der Waals surface area contributed by atoms with Gasteiger partial charge in [0, 0.05) is 0 Å². The Hall–Kier alpha value is -1.48. The molecule has 2 aliphatic carbocycles. The average molecular weight is 321 g/mol. The minimum absolute atomic E-state index is 1.14. The molecule has 0 amide bonds. The molecule has 0 unspecified atom stereocenters. The standard InChI is InChI=1S/2C5H6.C4H6.C3H8.3C2H6/c2*1-2-4-5-3-1;1-3-4-2;1-3-2;3*1-2/h2*1-4H,5H2;1-2H3;3H2,1-2H3;3*1-2H3. The maximum atomic E-state index is 2.68. The van der Waals surface area contributed by atoms with Gasteiger partial charge in [-0.25, -0.2) is 0 Å². The van der Waals surface area contributed by atoms with Crippen molar-refractivity contribution in [3.05, 3.63) is 48.6 Å². The Morgan fingerprint density at radius 2 is 0.739 bits per heavy atom. The van der Waals surface area contributed by atoms with Crippen LogP contribution in [0.5, 0.6) is 0 Å². The van der Waals surface area contributed by atoms with Gasteiger partial charge in [0.25, 0.3) is 0 Å². The lowest BCUT2D eigenvalue weighted by molar-refractivity contribution is 1.09. The summed E-state index contributed by atoms with van der Waals surface area (Å²) < 4.78 is 0. The van der Waals surface area contributed by atoms with E-state index >= 15 is 0 Å². The van der Waals surface area contributed by atoms with E-state index in [0.29, 0.717) is 0 Å². The molecule has 0 aromatic heterocycles. The zero-order valence-electron chi connectivity index (χ0n) is 17.7. The number of rotatable bonds is 0. The number of hydrogen-bond acceptors (Lipinski definition) is 0. The average Bonchev–Trinajstić information content (AvgIpc) is 3.38. The van der Waals surface area contributed by atoms with Gasteiger partial charge >= 0.3 is 0 Å². The molecule has 0 heteroatoms. The highest BCUT2D eigenvalue weighted by molar-refractivity contribution is 5.12. The fraction of sp³-hybridized carbons (Fsp3) is 0.565. The van der Waals surface area contributed by atoms with E-state index in [2.05, 4.69) is 74.3 Å². The largest absolute Gasteiger partial charge is 0.107 e. The van der Waals surface area contributed by atoms with E-state index in [1.807, 2.05) is 55.4 Å². The van der Waals surface area contributed by atoms with Crippen molar-refractivity contribution in [1.29, 1.82) is 0 Å². The maximum absolute atomic E-state index is 2.68. The van der Waals surface area contributed by atoms with E-state index in [0.717, 1.165) is 12.8 Å². The molecule has 0 saturated carbocycles. The van der Waals surface area contributed by atoms with Crippen LogP contribution in [0.25, 0.3) is 0 Å². The van der Waals surface area contributed by atoms with Gasteiger partial charge in [-0.1, -0.05) is 110 Å². The summed E-state index contributed by atoms with van der Waals surface area (Å²) in [6.45, 7) is 19.9. The monoisotopic (exact) mass is 320 g/mol. The van der Waals surface area contributed by atoms with E-state index in [4.69, 9.17) is 0 Å². The second-order valence-corrected chi connectivity index (χ2v) is 3.39. The van der Waals surface area contributed by atoms with Crippen molar-refractivity contribution in [1.82, 2.24) is 0 Å². The van der Waals surface area contributed by atoms with Crippen LogP contribution in [0, 0.1) is 11.8 Å². The van der Waals surface area contributed by atoms with E-state index in [9.17, 15) is 0 Å². The summed E-state index contributed by atoms with van der Waals surface area (Å²) in [4.78, 5) is 0. The maximum Gasteiger partial charge on any atom is -0.00271 e. The molecule has 0 fully saturated rings. The predicted molar refractivity (Wildman–Crippen MR) is 115 cm³/mol. The summed E-state index contributed by atoms with van der Waals surface area (Å²) in [6.07, 6.45) is 20.2. The molecular formula is C23H44. The second-order valence-electron chi connectivity index (χ2n) is 3.39. The van der Waals surface area contributed by atoms with Gasteiger partial charge < -0.3 is 0 Å². The topological polar surface area (TPSA) is 0 Å². The second kappa shape index (κ2) is 58.9. The molecular weight excluding hydrogens is 276 g/mol. The Kier molecular flexibility index (Phi) is 85.1. The van der Waals surface area contributed by atoms with Crippen LogP contribution < -0.4 is 0 Å². The summed E-state index contributed by atoms with van der Waals surface area (Å²) in [5.74, 6) is 5.36. The first kappa shape index (κ1) is 33.2. The van der Waals surface area contributed by atoms with Gasteiger partial charge in [0.05, 0.1) is 0 Å². The van der Waals surface area contributed by atoms with Crippen molar-refractivity contribution < 1.29 is 0 Å². The quantitative estimate of drug-likeness (QED) is 0.392. The Balaban J connectivity index is -0.0000000574. The Bertz CT molecular complexity index is 242. The first-order valence-electron chi connectivity index (χ1n) is 9.30. The van der Waals surface area contributed by atoms with Crippen LogP contribution >= 0.6 is 0 Å². The SMILES string of the molecule is C1=CCC=C1.C1=CCC=C1.CC.CC.CC.CC#CC.CCC. The molecule has 0 heterocycles. The first-order valence-corrected chi connectivity index (χ1v) is 9.30. The van der Waals surface area contributed by atoms with Gasteiger partial charge in [-0.2, -0.15) is 0 Å². The fourth-order valence-corrected chi connectivity index (χ4v) is 0.786. The minimum atomic E-state index is 1.14. The van der Waals surface area contributed by atoms with Gasteiger partial charge in [-0.05, 0) is 26.7 Å². The molecule has 0 nitrogen and oxygen atoms in total. The van der Waals surface area contributed by atoms with Crippen molar-refractivity contribution in [3.8, 4) is 11.8 Å². The van der Waals surface area contributed by atoms with Crippen LogP contribution in [0.15, 0.2) is 48.6 Å². The van der Waals surface area contributed by atoms with Gasteiger partial charge in [0.1, 0.15) is 0 Å². The normalized spacial score (nSPS) is 9.83. The lowest BCUT2D eigenvalue weighted by Crippen LogP contribution is -1.37. The van der Waals surface area contributed by atoms with Gasteiger partial charge in [-0.3, -0.25) is 0 Å². The molecule has 0 spiro atoms.